The van der Waals surface area contributed by atoms with Gasteiger partial charge in [0, 0.05) is 17.9 Å². The van der Waals surface area contributed by atoms with Crippen LogP contribution < -0.4 is 20.9 Å². The van der Waals surface area contributed by atoms with Crippen LogP contribution in [0.2, 0.25) is 0 Å². The van der Waals surface area contributed by atoms with Gasteiger partial charge in [-0.3, -0.25) is 24.1 Å². The molecule has 0 saturated heterocycles. The fourth-order valence-electron chi connectivity index (χ4n) is 6.06. The van der Waals surface area contributed by atoms with Crippen LogP contribution in [0.25, 0.3) is 21.8 Å². The molecule has 15 nitrogen and oxygen atoms in total. The molecular weight excluding hydrogens is 650 g/mol. The van der Waals surface area contributed by atoms with Crippen molar-refractivity contribution in [2.45, 2.75) is 33.7 Å². The lowest BCUT2D eigenvalue weighted by atomic mass is 10.1. The minimum absolute atomic E-state index is 0.0368. The van der Waals surface area contributed by atoms with E-state index in [0.717, 1.165) is 5.56 Å². The van der Waals surface area contributed by atoms with Crippen molar-refractivity contribution in [2.24, 2.45) is 11.5 Å². The summed E-state index contributed by atoms with van der Waals surface area (Å²) in [4.78, 5) is 75.4. The number of ether oxygens (including phenoxy) is 2. The van der Waals surface area contributed by atoms with E-state index < -0.39 is 48.5 Å². The smallest absolute Gasteiger partial charge is 0.341 e. The number of benzene rings is 3. The molecule has 0 bridgehead atoms. The third-order valence-electron chi connectivity index (χ3n) is 8.16. The third kappa shape index (κ3) is 6.88. The second-order valence-electron chi connectivity index (χ2n) is 11.4. The van der Waals surface area contributed by atoms with Crippen LogP contribution in [-0.4, -0.2) is 72.8 Å². The summed E-state index contributed by atoms with van der Waals surface area (Å²) >= 11 is 0. The Labute approximate surface area is 284 Å². The minimum atomic E-state index is -1.24. The maximum absolute atomic E-state index is 13.2. The lowest BCUT2D eigenvalue weighted by Gasteiger charge is -2.26. The van der Waals surface area contributed by atoms with Gasteiger partial charge >= 0.3 is 11.9 Å². The highest BCUT2D eigenvalue weighted by Gasteiger charge is 2.29. The number of hydrogen-bond acceptors (Lipinski definition) is 9. The molecule has 5 aromatic rings. The number of nitrogens with zero attached hydrogens (tertiary/aromatic N) is 3. The molecule has 0 aliphatic rings. The predicted octanol–water partition coefficient (Wildman–Crippen LogP) is 2.59. The summed E-state index contributed by atoms with van der Waals surface area (Å²) in [7, 11) is 0. The molecule has 15 heteroatoms. The Hall–Kier alpha value is -6.48. The minimum Gasteiger partial charge on any atom is -0.481 e. The van der Waals surface area contributed by atoms with Crippen molar-refractivity contribution in [2.75, 3.05) is 13.2 Å². The number of carbonyl (C=O) groups excluding carboxylic acids is 4. The quantitative estimate of drug-likeness (QED) is 0.0873. The zero-order valence-corrected chi connectivity index (χ0v) is 27.0. The number of rotatable bonds is 16. The molecule has 0 spiro atoms. The fourth-order valence-corrected chi connectivity index (χ4v) is 6.06. The summed E-state index contributed by atoms with van der Waals surface area (Å²) in [5.74, 6) is -6.72. The van der Waals surface area contributed by atoms with Gasteiger partial charge in [0.1, 0.15) is 11.5 Å². The molecule has 2 amide bonds. The van der Waals surface area contributed by atoms with Crippen LogP contribution in [0.4, 0.5) is 0 Å². The van der Waals surface area contributed by atoms with Gasteiger partial charge in [0.2, 0.25) is 0 Å². The summed E-state index contributed by atoms with van der Waals surface area (Å²) in [6.45, 7) is 2.35. The van der Waals surface area contributed by atoms with Crippen molar-refractivity contribution in [3.8, 4) is 11.5 Å². The molecule has 50 heavy (non-hydrogen) atoms. The first kappa shape index (κ1) is 34.8. The molecule has 6 N–H and O–H groups in total. The molecule has 2 heterocycles. The second-order valence-corrected chi connectivity index (χ2v) is 11.4. The SMILES string of the molecule is Cc1c(C(=O)C(N)=O)c2c(OCC(=O)O)cccc2n1CN(Cc1ccccc1)Cn1c(C)c(C(=O)C(N)=O)c2c(OCC(=O)O)cccc21. The van der Waals surface area contributed by atoms with Gasteiger partial charge in [-0.1, -0.05) is 42.5 Å². The van der Waals surface area contributed by atoms with Crippen molar-refractivity contribution in [1.82, 2.24) is 14.0 Å². The van der Waals surface area contributed by atoms with Crippen molar-refractivity contribution >= 4 is 57.1 Å². The highest BCUT2D eigenvalue weighted by atomic mass is 16.5. The zero-order chi connectivity index (χ0) is 36.3. The van der Waals surface area contributed by atoms with Crippen LogP contribution in [0.15, 0.2) is 66.7 Å². The molecule has 2 aromatic heterocycles. The molecule has 0 atom stereocenters. The van der Waals surface area contributed by atoms with Crippen LogP contribution in [0.1, 0.15) is 37.7 Å². The molecule has 0 aliphatic carbocycles. The first-order valence-corrected chi connectivity index (χ1v) is 15.2. The second kappa shape index (κ2) is 14.3. The summed E-state index contributed by atoms with van der Waals surface area (Å²) in [6.07, 6.45) is 0. The van der Waals surface area contributed by atoms with Gasteiger partial charge in [-0.25, -0.2) is 9.59 Å². The van der Waals surface area contributed by atoms with E-state index in [4.69, 9.17) is 20.9 Å². The van der Waals surface area contributed by atoms with Crippen molar-refractivity contribution in [3.05, 3.63) is 94.8 Å². The average Bonchev–Trinajstić information content (AvgIpc) is 3.52. The topological polar surface area (TPSA) is 226 Å². The molecule has 0 aliphatic heterocycles. The molecule has 258 valence electrons. The average molecular weight is 684 g/mol. The van der Waals surface area contributed by atoms with Crippen LogP contribution in [0.3, 0.4) is 0 Å². The summed E-state index contributed by atoms with van der Waals surface area (Å²) in [6, 6.07) is 19.0. The lowest BCUT2D eigenvalue weighted by Crippen LogP contribution is -2.30. The lowest BCUT2D eigenvalue weighted by molar-refractivity contribution is -0.140. The van der Waals surface area contributed by atoms with Crippen molar-refractivity contribution in [1.29, 1.82) is 0 Å². The Balaban J connectivity index is 1.69. The van der Waals surface area contributed by atoms with Gasteiger partial charge in [0.25, 0.3) is 23.4 Å². The maximum Gasteiger partial charge on any atom is 0.341 e. The first-order chi connectivity index (χ1) is 23.8. The number of Topliss-reactive ketones (excluding diaryl/α,β-unsaturated/α-hetero) is 2. The fraction of sp³-hybridized carbons (Fsp3) is 0.200. The number of ketones is 2. The summed E-state index contributed by atoms with van der Waals surface area (Å²) < 4.78 is 14.6. The number of amides is 2. The normalized spacial score (nSPS) is 11.2. The number of primary amides is 2. The number of hydrogen-bond donors (Lipinski definition) is 4. The molecule has 0 radical (unpaired) electrons. The molecule has 3 aromatic carbocycles. The number of carboxylic acids is 2. The van der Waals surface area contributed by atoms with E-state index in [1.54, 1.807) is 47.2 Å². The standard InChI is InChI=1S/C35H33N5O10/c1-19-28(32(45)34(36)47)30-22(10-6-12-24(30)49-15-26(41)42)39(19)17-38(14-21-8-4-3-5-9-21)18-40-20(2)29(33(46)35(37)48)31-23(40)11-7-13-25(31)50-16-27(43)44/h3-13H,14-18H2,1-2H3,(H2,36,47)(H2,37,48)(H,41,42)(H,43,44). The highest BCUT2D eigenvalue weighted by Crippen LogP contribution is 2.37. The van der Waals surface area contributed by atoms with E-state index in [2.05, 4.69) is 0 Å². The molecule has 5 rings (SSSR count). The zero-order valence-electron chi connectivity index (χ0n) is 27.0. The van der Waals surface area contributed by atoms with Gasteiger partial charge in [0.15, 0.2) is 13.2 Å². The number of fused-ring (bicyclic) bond motifs is 2. The van der Waals surface area contributed by atoms with Crippen LogP contribution >= 0.6 is 0 Å². The van der Waals surface area contributed by atoms with E-state index in [-0.39, 0.29) is 46.7 Å². The Kier molecular flexibility index (Phi) is 9.99. The van der Waals surface area contributed by atoms with Crippen molar-refractivity contribution in [3.63, 3.8) is 0 Å². The predicted molar refractivity (Wildman–Crippen MR) is 179 cm³/mol. The number of carboxylic acid groups (broad SMARTS) is 2. The van der Waals surface area contributed by atoms with Crippen LogP contribution in [0.5, 0.6) is 11.5 Å². The molecular formula is C35H33N5O10. The number of aliphatic carboxylic acids is 2. The van der Waals surface area contributed by atoms with Gasteiger partial charge in [0.05, 0.1) is 46.3 Å². The van der Waals surface area contributed by atoms with Gasteiger partial charge in [-0.15, -0.1) is 0 Å². The van der Waals surface area contributed by atoms with Crippen molar-refractivity contribution < 1.29 is 48.5 Å². The van der Waals surface area contributed by atoms with E-state index in [9.17, 15) is 39.0 Å². The summed E-state index contributed by atoms with van der Waals surface area (Å²) in [5.41, 5.74) is 13.3. The van der Waals surface area contributed by atoms with Gasteiger partial charge < -0.3 is 40.3 Å². The molecule has 0 saturated carbocycles. The van der Waals surface area contributed by atoms with Crippen LogP contribution in [0, 0.1) is 13.8 Å². The maximum atomic E-state index is 13.2. The van der Waals surface area contributed by atoms with Crippen LogP contribution in [-0.2, 0) is 39.1 Å². The molecule has 0 fully saturated rings. The Morgan fingerprint density at radius 1 is 0.640 bits per heavy atom. The Bertz CT molecular complexity index is 2050. The Morgan fingerprint density at radius 3 is 1.44 bits per heavy atom. The number of carbonyl (C=O) groups is 6. The summed E-state index contributed by atoms with van der Waals surface area (Å²) in [5, 5.41) is 18.9. The number of aromatic nitrogens is 2. The van der Waals surface area contributed by atoms with E-state index in [0.29, 0.717) is 29.0 Å². The van der Waals surface area contributed by atoms with Gasteiger partial charge in [-0.2, -0.15) is 0 Å². The molecule has 0 unspecified atom stereocenters. The Morgan fingerprint density at radius 2 is 1.06 bits per heavy atom. The highest BCUT2D eigenvalue weighted by molar-refractivity contribution is 6.45. The van der Waals surface area contributed by atoms with E-state index in [1.165, 1.54) is 12.1 Å². The third-order valence-corrected chi connectivity index (χ3v) is 8.16. The first-order valence-electron chi connectivity index (χ1n) is 15.2. The number of nitrogens with two attached hydrogens (primary N) is 2. The largest absolute Gasteiger partial charge is 0.481 e. The monoisotopic (exact) mass is 683 g/mol. The van der Waals surface area contributed by atoms with Gasteiger partial charge in [-0.05, 0) is 43.7 Å². The van der Waals surface area contributed by atoms with E-state index >= 15 is 0 Å². The van der Waals surface area contributed by atoms with E-state index in [1.807, 2.05) is 35.2 Å².